The number of carbonyl (C=O) groups is 6. The van der Waals surface area contributed by atoms with E-state index < -0.39 is 29.7 Å². The molecule has 0 bridgehead atoms. The third-order valence-electron chi connectivity index (χ3n) is 12.2. The molecule has 1 aromatic carbocycles. The number of hydrogen-bond donors (Lipinski definition) is 6. The first kappa shape index (κ1) is 47.1. The van der Waals surface area contributed by atoms with Crippen molar-refractivity contribution < 1.29 is 38.2 Å². The van der Waals surface area contributed by atoms with Crippen molar-refractivity contribution in [2.24, 2.45) is 10.9 Å². The first-order valence-electron chi connectivity index (χ1n) is 22.9. The monoisotopic (exact) mass is 925 g/mol. The molecule has 1 atom stereocenters. The number of aromatic nitrogens is 3. The number of amides is 6. The van der Waals surface area contributed by atoms with E-state index in [2.05, 4.69) is 58.6 Å². The van der Waals surface area contributed by atoms with Gasteiger partial charge in [-0.2, -0.15) is 0 Å². The van der Waals surface area contributed by atoms with Gasteiger partial charge in [-0.05, 0) is 100 Å². The lowest BCUT2D eigenvalue weighted by molar-refractivity contribution is -0.136. The Morgan fingerprint density at radius 2 is 1.66 bits per heavy atom. The molecule has 0 radical (unpaired) electrons. The minimum atomic E-state index is -1.03. The van der Waals surface area contributed by atoms with Crippen LogP contribution in [0.5, 0.6) is 0 Å². The summed E-state index contributed by atoms with van der Waals surface area (Å²) in [7, 11) is 0. The van der Waals surface area contributed by atoms with Gasteiger partial charge in [-0.25, -0.2) is 9.97 Å². The summed E-state index contributed by atoms with van der Waals surface area (Å²) >= 11 is 0. The van der Waals surface area contributed by atoms with Crippen LogP contribution in [0.2, 0.25) is 0 Å². The van der Waals surface area contributed by atoms with E-state index in [-0.39, 0.29) is 54.3 Å². The minimum Gasteiger partial charge on any atom is -0.382 e. The Bertz CT molecular complexity index is 2590. The molecule has 19 heteroatoms. The van der Waals surface area contributed by atoms with E-state index in [9.17, 15) is 28.8 Å². The van der Waals surface area contributed by atoms with Gasteiger partial charge in [0.2, 0.25) is 17.7 Å². The summed E-state index contributed by atoms with van der Waals surface area (Å²) in [4.78, 5) is 95.3. The van der Waals surface area contributed by atoms with Gasteiger partial charge in [0.1, 0.15) is 17.7 Å². The summed E-state index contributed by atoms with van der Waals surface area (Å²) in [6.45, 7) is 7.36. The molecule has 1 unspecified atom stereocenters. The minimum absolute atomic E-state index is 0.0180. The molecule has 0 spiro atoms. The number of hydrogen-bond acceptors (Lipinski definition) is 15. The second-order valence-corrected chi connectivity index (χ2v) is 17.2. The first-order valence-corrected chi connectivity index (χ1v) is 22.9. The molecule has 6 amide bonds. The van der Waals surface area contributed by atoms with Gasteiger partial charge in [-0.3, -0.25) is 49.0 Å². The molecule has 3 fully saturated rings. The van der Waals surface area contributed by atoms with Crippen LogP contribution in [-0.2, 0) is 37.1 Å². The van der Waals surface area contributed by atoms with Crippen molar-refractivity contribution in [2.45, 2.75) is 89.6 Å². The SMILES string of the molecule is C=N/C=C\c1nc(Nc2cc(NC3CC3)c(C(=O)N[C@H]3CC[C@H](C(=O)NCCOCc4ccc(COCCNc5cccc6c5C(=O)N(C5CCC(=O)NC5=O)C6=O)cn4)CC3)cn2)ccc1C. The highest BCUT2D eigenvalue weighted by molar-refractivity contribution is 6.25. The number of carbonyl (C=O) groups excluding carboxylic acids is 6. The van der Waals surface area contributed by atoms with E-state index in [4.69, 9.17) is 9.47 Å². The van der Waals surface area contributed by atoms with Crippen LogP contribution in [0.25, 0.3) is 6.08 Å². The normalized spacial score (nSPS) is 19.1. The number of pyridine rings is 3. The zero-order chi connectivity index (χ0) is 47.6. The number of benzene rings is 1. The highest BCUT2D eigenvalue weighted by Gasteiger charge is 2.45. The van der Waals surface area contributed by atoms with Crippen LogP contribution in [0.4, 0.5) is 23.0 Å². The molecule has 68 heavy (non-hydrogen) atoms. The zero-order valence-electron chi connectivity index (χ0n) is 37.8. The van der Waals surface area contributed by atoms with Gasteiger partial charge in [-0.15, -0.1) is 0 Å². The molecule has 354 valence electrons. The molecule has 2 saturated carbocycles. The summed E-state index contributed by atoms with van der Waals surface area (Å²) in [5, 5.41) is 18.3. The fraction of sp³-hybridized carbons (Fsp3) is 0.388. The lowest BCUT2D eigenvalue weighted by Gasteiger charge is -2.28. The molecule has 1 saturated heterocycles. The average molecular weight is 926 g/mol. The number of aryl methyl sites for hydroxylation is 1. The number of aliphatic imine (C=N–C) groups is 1. The number of fused-ring (bicyclic) bond motifs is 1. The predicted molar refractivity (Wildman–Crippen MR) is 253 cm³/mol. The second-order valence-electron chi connectivity index (χ2n) is 17.2. The molecule has 8 rings (SSSR count). The fourth-order valence-corrected chi connectivity index (χ4v) is 8.38. The summed E-state index contributed by atoms with van der Waals surface area (Å²) < 4.78 is 11.6. The Kier molecular flexibility index (Phi) is 15.2. The van der Waals surface area contributed by atoms with Crippen LogP contribution in [0.1, 0.15) is 105 Å². The van der Waals surface area contributed by atoms with Crippen molar-refractivity contribution in [2.75, 3.05) is 42.3 Å². The van der Waals surface area contributed by atoms with E-state index in [1.165, 1.54) is 0 Å². The molecule has 3 aromatic heterocycles. The van der Waals surface area contributed by atoms with Gasteiger partial charge in [0.05, 0.1) is 60.2 Å². The smallest absolute Gasteiger partial charge is 0.264 e. The highest BCUT2D eigenvalue weighted by Crippen LogP contribution is 2.33. The fourth-order valence-electron chi connectivity index (χ4n) is 8.38. The van der Waals surface area contributed by atoms with Gasteiger partial charge in [-0.1, -0.05) is 18.2 Å². The number of imide groups is 2. The van der Waals surface area contributed by atoms with Crippen LogP contribution < -0.4 is 31.9 Å². The van der Waals surface area contributed by atoms with Crippen LogP contribution in [-0.4, -0.2) is 106 Å². The lowest BCUT2D eigenvalue weighted by atomic mass is 9.85. The molecule has 4 aliphatic rings. The summed E-state index contributed by atoms with van der Waals surface area (Å²) in [5.41, 5.74) is 5.38. The maximum absolute atomic E-state index is 13.5. The van der Waals surface area contributed by atoms with Gasteiger partial charge in [0.15, 0.2) is 0 Å². The third kappa shape index (κ3) is 11.8. The Morgan fingerprint density at radius 1 is 0.868 bits per heavy atom. The molecular formula is C49H55N11O8. The van der Waals surface area contributed by atoms with Crippen molar-refractivity contribution in [1.29, 1.82) is 0 Å². The Balaban J connectivity index is 0.703. The average Bonchev–Trinajstić information content (AvgIpc) is 4.12. The Morgan fingerprint density at radius 3 is 2.43 bits per heavy atom. The molecule has 2 aliphatic heterocycles. The van der Waals surface area contributed by atoms with E-state index in [0.717, 1.165) is 40.3 Å². The molecule has 19 nitrogen and oxygen atoms in total. The van der Waals surface area contributed by atoms with Gasteiger partial charge in [0.25, 0.3) is 17.7 Å². The number of piperidine rings is 1. The summed E-state index contributed by atoms with van der Waals surface area (Å²) in [6.07, 6.45) is 11.6. The van der Waals surface area contributed by atoms with E-state index in [0.29, 0.717) is 93.2 Å². The molecular weight excluding hydrogens is 871 g/mol. The molecule has 4 aromatic rings. The third-order valence-corrected chi connectivity index (χ3v) is 12.2. The van der Waals surface area contributed by atoms with E-state index >= 15 is 0 Å². The number of rotatable bonds is 21. The lowest BCUT2D eigenvalue weighted by Crippen LogP contribution is -2.54. The molecule has 6 N–H and O–H groups in total. The number of nitrogens with zero attached hydrogens (tertiary/aromatic N) is 5. The second kappa shape index (κ2) is 21.9. The maximum Gasteiger partial charge on any atom is 0.264 e. The van der Waals surface area contributed by atoms with Gasteiger partial charge in [0, 0.05) is 67.9 Å². The largest absolute Gasteiger partial charge is 0.382 e. The summed E-state index contributed by atoms with van der Waals surface area (Å²) in [5.74, 6) is -1.40. The van der Waals surface area contributed by atoms with Crippen molar-refractivity contribution in [3.8, 4) is 0 Å². The van der Waals surface area contributed by atoms with E-state index in [1.807, 2.05) is 37.3 Å². The van der Waals surface area contributed by atoms with Crippen molar-refractivity contribution in [1.82, 2.24) is 35.8 Å². The van der Waals surface area contributed by atoms with Crippen molar-refractivity contribution >= 4 is 71.2 Å². The number of nitrogens with one attached hydrogen (secondary N) is 6. The Labute approximate surface area is 393 Å². The van der Waals surface area contributed by atoms with E-state index in [1.54, 1.807) is 42.9 Å². The van der Waals surface area contributed by atoms with Gasteiger partial charge < -0.3 is 36.1 Å². The Hall–Kier alpha value is -7.38. The quantitative estimate of drug-likeness (QED) is 0.0373. The maximum atomic E-state index is 13.5. The number of ether oxygens (including phenoxy) is 2. The van der Waals surface area contributed by atoms with Crippen LogP contribution >= 0.6 is 0 Å². The van der Waals surface area contributed by atoms with Crippen molar-refractivity contribution in [3.63, 3.8) is 0 Å². The highest BCUT2D eigenvalue weighted by atomic mass is 16.5. The zero-order valence-corrected chi connectivity index (χ0v) is 37.8. The van der Waals surface area contributed by atoms with Crippen LogP contribution in [0.15, 0.2) is 72.1 Å². The predicted octanol–water partition coefficient (Wildman–Crippen LogP) is 4.82. The standard InChI is InChI=1S/C49H55N11O8/c1-29-6-16-41(57-37(29)18-19-50-2)58-42-24-39(55-32-13-14-32)36(26-54-42)46(63)56-33-11-8-31(9-12-33)45(62)52-21-23-68-28-34-10-7-30(25-53-34)27-67-22-20-51-38-5-3-4-35-44(38)49(66)60(48(35)65)40-15-17-43(61)59-47(40)64/h3-7,10,16,18-19,24-26,31-33,40,51H,2,8-9,11-15,17,20-23,27-28H2,1H3,(H,52,62)(H,56,63)(H,59,61,64)(H2,54,55,57,58)/b19-18-/t31-,33-,40?. The molecule has 5 heterocycles. The topological polar surface area (TPSA) is 247 Å². The van der Waals surface area contributed by atoms with Crippen LogP contribution in [0.3, 0.4) is 0 Å². The summed E-state index contributed by atoms with van der Waals surface area (Å²) in [6, 6.07) is 13.6. The van der Waals surface area contributed by atoms with Crippen molar-refractivity contribution in [3.05, 3.63) is 106 Å². The number of anilines is 4. The molecule has 2 aliphatic carbocycles. The van der Waals surface area contributed by atoms with Crippen LogP contribution in [0, 0.1) is 12.8 Å². The first-order chi connectivity index (χ1) is 33.0. The van der Waals surface area contributed by atoms with Gasteiger partial charge >= 0.3 is 0 Å².